The van der Waals surface area contributed by atoms with Gasteiger partial charge in [0.2, 0.25) is 5.91 Å². The SMILES string of the molecule is CC1CCCC(CCNC(=O)C2(C(N)=S)CCCCC2)C1. The van der Waals surface area contributed by atoms with Crippen molar-refractivity contribution in [1.29, 1.82) is 0 Å². The van der Waals surface area contributed by atoms with Crippen LogP contribution >= 0.6 is 12.2 Å². The molecule has 0 radical (unpaired) electrons. The number of nitrogens with one attached hydrogen (secondary N) is 1. The molecule has 0 heterocycles. The summed E-state index contributed by atoms with van der Waals surface area (Å²) < 4.78 is 0. The predicted octanol–water partition coefficient (Wildman–Crippen LogP) is 3.56. The van der Waals surface area contributed by atoms with E-state index in [1.165, 1.54) is 32.1 Å². The lowest BCUT2D eigenvalue weighted by atomic mass is 9.73. The molecule has 120 valence electrons. The van der Waals surface area contributed by atoms with Crippen LogP contribution in [-0.4, -0.2) is 17.4 Å². The second kappa shape index (κ2) is 7.57. The number of thiocarbonyl (C=S) groups is 1. The normalized spacial score (nSPS) is 28.8. The highest BCUT2D eigenvalue weighted by Gasteiger charge is 2.42. The number of carbonyl (C=O) groups is 1. The average Bonchev–Trinajstić information content (AvgIpc) is 2.47. The first-order chi connectivity index (χ1) is 10.0. The second-order valence-corrected chi connectivity index (χ2v) is 7.63. The summed E-state index contributed by atoms with van der Waals surface area (Å²) in [7, 11) is 0. The predicted molar refractivity (Wildman–Crippen MR) is 91.1 cm³/mol. The van der Waals surface area contributed by atoms with Crippen LogP contribution in [0.3, 0.4) is 0 Å². The van der Waals surface area contributed by atoms with Gasteiger partial charge in [0.15, 0.2) is 0 Å². The summed E-state index contributed by atoms with van der Waals surface area (Å²) in [5, 5.41) is 3.13. The van der Waals surface area contributed by atoms with E-state index in [0.717, 1.165) is 50.5 Å². The number of hydrogen-bond acceptors (Lipinski definition) is 2. The number of amides is 1. The Bertz CT molecular complexity index is 377. The van der Waals surface area contributed by atoms with Crippen molar-refractivity contribution in [2.45, 2.75) is 71.1 Å². The van der Waals surface area contributed by atoms with Crippen LogP contribution in [0.15, 0.2) is 0 Å². The average molecular weight is 311 g/mol. The summed E-state index contributed by atoms with van der Waals surface area (Å²) in [6.07, 6.45) is 11.4. The van der Waals surface area contributed by atoms with Gasteiger partial charge in [0, 0.05) is 6.54 Å². The van der Waals surface area contributed by atoms with E-state index < -0.39 is 5.41 Å². The Labute approximate surface area is 134 Å². The van der Waals surface area contributed by atoms with Crippen LogP contribution < -0.4 is 11.1 Å². The molecule has 1 amide bonds. The standard InChI is InChI=1S/C17H30N2OS/c1-13-6-5-7-14(12-13)8-11-19-16(20)17(15(18)21)9-3-2-4-10-17/h13-14H,2-12H2,1H3,(H2,18,21)(H,19,20). The number of hydrogen-bond donors (Lipinski definition) is 2. The number of nitrogens with two attached hydrogens (primary N) is 1. The van der Waals surface area contributed by atoms with Gasteiger partial charge in [-0.25, -0.2) is 0 Å². The Balaban J connectivity index is 1.81. The lowest BCUT2D eigenvalue weighted by Crippen LogP contribution is -2.50. The van der Waals surface area contributed by atoms with Crippen LogP contribution in [0, 0.1) is 17.3 Å². The van der Waals surface area contributed by atoms with E-state index in [0.29, 0.717) is 4.99 Å². The molecule has 2 rings (SSSR count). The van der Waals surface area contributed by atoms with Crippen molar-refractivity contribution in [2.75, 3.05) is 6.54 Å². The van der Waals surface area contributed by atoms with Crippen LogP contribution in [0.1, 0.15) is 71.1 Å². The zero-order valence-corrected chi connectivity index (χ0v) is 14.1. The fourth-order valence-corrected chi connectivity index (χ4v) is 4.42. The molecule has 0 aromatic heterocycles. The molecular weight excluding hydrogens is 280 g/mol. The maximum absolute atomic E-state index is 12.6. The summed E-state index contributed by atoms with van der Waals surface area (Å²) in [4.78, 5) is 13.0. The van der Waals surface area contributed by atoms with Crippen molar-refractivity contribution in [1.82, 2.24) is 5.32 Å². The second-order valence-electron chi connectivity index (χ2n) is 7.19. The number of carbonyl (C=O) groups excluding carboxylic acids is 1. The van der Waals surface area contributed by atoms with Gasteiger partial charge in [0.25, 0.3) is 0 Å². The molecule has 2 fully saturated rings. The third kappa shape index (κ3) is 4.18. The van der Waals surface area contributed by atoms with Gasteiger partial charge in [-0.2, -0.15) is 0 Å². The molecule has 0 spiro atoms. The molecule has 0 aromatic carbocycles. The highest BCUT2D eigenvalue weighted by atomic mass is 32.1. The summed E-state index contributed by atoms with van der Waals surface area (Å²) in [6, 6.07) is 0. The first kappa shape index (κ1) is 16.7. The maximum Gasteiger partial charge on any atom is 0.233 e. The van der Waals surface area contributed by atoms with Crippen LogP contribution in [0.4, 0.5) is 0 Å². The van der Waals surface area contributed by atoms with Gasteiger partial charge in [0.05, 0.1) is 10.4 Å². The fraction of sp³-hybridized carbons (Fsp3) is 0.882. The molecule has 21 heavy (non-hydrogen) atoms. The summed E-state index contributed by atoms with van der Waals surface area (Å²) >= 11 is 5.21. The smallest absolute Gasteiger partial charge is 0.233 e. The molecule has 2 atom stereocenters. The minimum atomic E-state index is -0.562. The summed E-state index contributed by atoms with van der Waals surface area (Å²) in [5.74, 6) is 1.71. The van der Waals surface area contributed by atoms with E-state index in [2.05, 4.69) is 12.2 Å². The molecule has 0 aliphatic heterocycles. The first-order valence-corrected chi connectivity index (χ1v) is 9.03. The van der Waals surface area contributed by atoms with Gasteiger partial charge in [0.1, 0.15) is 0 Å². The Hall–Kier alpha value is -0.640. The van der Waals surface area contributed by atoms with Gasteiger partial charge in [-0.3, -0.25) is 4.79 Å². The molecule has 3 nitrogen and oxygen atoms in total. The molecule has 2 aliphatic carbocycles. The van der Waals surface area contributed by atoms with Gasteiger partial charge in [-0.1, -0.05) is 57.7 Å². The van der Waals surface area contributed by atoms with Crippen molar-refractivity contribution in [2.24, 2.45) is 23.0 Å². The molecule has 0 bridgehead atoms. The Morgan fingerprint density at radius 3 is 2.57 bits per heavy atom. The Morgan fingerprint density at radius 2 is 1.95 bits per heavy atom. The summed E-state index contributed by atoms with van der Waals surface area (Å²) in [5.41, 5.74) is 5.34. The fourth-order valence-electron chi connectivity index (χ4n) is 4.12. The zero-order valence-electron chi connectivity index (χ0n) is 13.3. The minimum Gasteiger partial charge on any atom is -0.392 e. The van der Waals surface area contributed by atoms with Crippen LogP contribution in [-0.2, 0) is 4.79 Å². The van der Waals surface area contributed by atoms with E-state index in [1.807, 2.05) is 0 Å². The molecule has 0 saturated heterocycles. The van der Waals surface area contributed by atoms with Crippen LogP contribution in [0.2, 0.25) is 0 Å². The van der Waals surface area contributed by atoms with Gasteiger partial charge >= 0.3 is 0 Å². The molecule has 0 aromatic rings. The third-order valence-corrected chi connectivity index (χ3v) is 5.89. The van der Waals surface area contributed by atoms with Crippen LogP contribution in [0.25, 0.3) is 0 Å². The monoisotopic (exact) mass is 310 g/mol. The largest absolute Gasteiger partial charge is 0.392 e. The lowest BCUT2D eigenvalue weighted by Gasteiger charge is -2.35. The van der Waals surface area contributed by atoms with Gasteiger partial charge in [-0.15, -0.1) is 0 Å². The van der Waals surface area contributed by atoms with Crippen molar-refractivity contribution in [3.63, 3.8) is 0 Å². The Kier molecular flexibility index (Phi) is 6.03. The molecule has 2 aliphatic rings. The molecule has 2 unspecified atom stereocenters. The van der Waals surface area contributed by atoms with Crippen molar-refractivity contribution < 1.29 is 4.79 Å². The van der Waals surface area contributed by atoms with Crippen molar-refractivity contribution in [3.8, 4) is 0 Å². The molecular formula is C17H30N2OS. The quantitative estimate of drug-likeness (QED) is 0.763. The zero-order chi connectivity index (χ0) is 15.3. The van der Waals surface area contributed by atoms with E-state index in [4.69, 9.17) is 18.0 Å². The topological polar surface area (TPSA) is 55.1 Å². The molecule has 4 heteroatoms. The Morgan fingerprint density at radius 1 is 1.24 bits per heavy atom. The molecule has 2 saturated carbocycles. The highest BCUT2D eigenvalue weighted by molar-refractivity contribution is 7.80. The van der Waals surface area contributed by atoms with E-state index in [-0.39, 0.29) is 5.91 Å². The van der Waals surface area contributed by atoms with Gasteiger partial charge in [-0.05, 0) is 37.5 Å². The van der Waals surface area contributed by atoms with E-state index in [9.17, 15) is 4.79 Å². The third-order valence-electron chi connectivity index (χ3n) is 5.50. The van der Waals surface area contributed by atoms with Gasteiger partial charge < -0.3 is 11.1 Å². The first-order valence-electron chi connectivity index (χ1n) is 8.63. The van der Waals surface area contributed by atoms with E-state index in [1.54, 1.807) is 0 Å². The van der Waals surface area contributed by atoms with Crippen molar-refractivity contribution >= 4 is 23.1 Å². The highest BCUT2D eigenvalue weighted by Crippen LogP contribution is 2.37. The lowest BCUT2D eigenvalue weighted by molar-refractivity contribution is -0.128. The summed E-state index contributed by atoms with van der Waals surface area (Å²) in [6.45, 7) is 3.12. The maximum atomic E-state index is 12.6. The van der Waals surface area contributed by atoms with E-state index >= 15 is 0 Å². The number of rotatable bonds is 5. The van der Waals surface area contributed by atoms with Crippen molar-refractivity contribution in [3.05, 3.63) is 0 Å². The molecule has 3 N–H and O–H groups in total. The van der Waals surface area contributed by atoms with Crippen LogP contribution in [0.5, 0.6) is 0 Å². The minimum absolute atomic E-state index is 0.0820.